The number of fused-ring (bicyclic) bond motifs is 1. The van der Waals surface area contributed by atoms with Crippen molar-refractivity contribution < 1.29 is 14.5 Å². The Morgan fingerprint density at radius 1 is 0.960 bits per heavy atom. The molecular weight excluding hydrogens is 326 g/mol. The highest BCUT2D eigenvalue weighted by atomic mass is 16.6. The minimum absolute atomic E-state index is 0.0520. The number of H-pyrrole nitrogens is 1. The van der Waals surface area contributed by atoms with Crippen LogP contribution in [-0.4, -0.2) is 31.9 Å². The third-order valence-corrected chi connectivity index (χ3v) is 3.82. The molecule has 1 aliphatic heterocycles. The molecule has 2 aromatic carbocycles. The Balaban J connectivity index is 1.67. The first kappa shape index (κ1) is 14.7. The van der Waals surface area contributed by atoms with Gasteiger partial charge in [-0.3, -0.25) is 24.8 Å². The molecule has 1 aromatic heterocycles. The summed E-state index contributed by atoms with van der Waals surface area (Å²) in [6.45, 7) is 0. The lowest BCUT2D eigenvalue weighted by Crippen LogP contribution is -2.30. The van der Waals surface area contributed by atoms with Gasteiger partial charge in [-0.05, 0) is 24.3 Å². The Labute approximate surface area is 140 Å². The van der Waals surface area contributed by atoms with Crippen molar-refractivity contribution in [1.29, 1.82) is 0 Å². The number of anilines is 1. The van der Waals surface area contributed by atoms with Gasteiger partial charge in [0.2, 0.25) is 0 Å². The van der Waals surface area contributed by atoms with Gasteiger partial charge in [-0.15, -0.1) is 5.10 Å². The predicted octanol–water partition coefficient (Wildman–Crippen LogP) is 2.18. The van der Waals surface area contributed by atoms with E-state index in [4.69, 9.17) is 0 Å². The molecule has 3 aromatic rings. The molecule has 2 amide bonds. The van der Waals surface area contributed by atoms with Crippen LogP contribution in [0.1, 0.15) is 20.7 Å². The summed E-state index contributed by atoms with van der Waals surface area (Å²) in [5, 5.41) is 17.3. The van der Waals surface area contributed by atoms with Crippen LogP contribution in [0.15, 0.2) is 48.5 Å². The Morgan fingerprint density at radius 2 is 1.56 bits per heavy atom. The fourth-order valence-electron chi connectivity index (χ4n) is 2.59. The van der Waals surface area contributed by atoms with Crippen LogP contribution in [0.2, 0.25) is 0 Å². The number of aromatic amines is 1. The number of aromatic nitrogens is 3. The molecule has 0 saturated heterocycles. The molecule has 9 heteroatoms. The van der Waals surface area contributed by atoms with Gasteiger partial charge in [0.05, 0.1) is 16.1 Å². The maximum atomic E-state index is 12.4. The highest BCUT2D eigenvalue weighted by molar-refractivity contribution is 6.33. The Morgan fingerprint density at radius 3 is 2.12 bits per heavy atom. The average Bonchev–Trinajstić information content (AvgIpc) is 3.19. The molecule has 0 atom stereocenters. The topological polar surface area (TPSA) is 122 Å². The fraction of sp³-hybridized carbons (Fsp3) is 0. The number of nitrogens with zero attached hydrogens (tertiary/aromatic N) is 4. The van der Waals surface area contributed by atoms with Crippen LogP contribution in [-0.2, 0) is 0 Å². The number of benzene rings is 2. The number of nitro groups is 1. The SMILES string of the molecule is O=C1c2ccccc2C(=O)N1c1n[nH]c(-c2ccc([N+](=O)[O-])cc2)n1. The minimum atomic E-state index is -0.506. The number of hydrogen-bond donors (Lipinski definition) is 1. The maximum Gasteiger partial charge on any atom is 0.269 e. The summed E-state index contributed by atoms with van der Waals surface area (Å²) < 4.78 is 0. The van der Waals surface area contributed by atoms with E-state index in [2.05, 4.69) is 15.2 Å². The van der Waals surface area contributed by atoms with Crippen molar-refractivity contribution in [3.05, 3.63) is 69.8 Å². The van der Waals surface area contributed by atoms with Gasteiger partial charge in [-0.1, -0.05) is 12.1 Å². The van der Waals surface area contributed by atoms with Crippen LogP contribution in [0.4, 0.5) is 11.6 Å². The lowest BCUT2D eigenvalue weighted by molar-refractivity contribution is -0.384. The molecule has 0 bridgehead atoms. The zero-order chi connectivity index (χ0) is 17.6. The second-order valence-corrected chi connectivity index (χ2v) is 5.28. The lowest BCUT2D eigenvalue weighted by atomic mass is 10.1. The number of hydrogen-bond acceptors (Lipinski definition) is 6. The molecule has 0 aliphatic carbocycles. The molecule has 122 valence electrons. The summed E-state index contributed by atoms with van der Waals surface area (Å²) in [6.07, 6.45) is 0. The van der Waals surface area contributed by atoms with Crippen LogP contribution >= 0.6 is 0 Å². The second-order valence-electron chi connectivity index (χ2n) is 5.28. The summed E-state index contributed by atoms with van der Waals surface area (Å²) in [7, 11) is 0. The van der Waals surface area contributed by atoms with Crippen LogP contribution in [0.3, 0.4) is 0 Å². The number of nitrogens with one attached hydrogen (secondary N) is 1. The van der Waals surface area contributed by atoms with Gasteiger partial charge in [0.25, 0.3) is 23.5 Å². The standard InChI is InChI=1S/C16H9N5O4/c22-14-11-3-1-2-4-12(11)15(23)20(14)16-17-13(18-19-16)9-5-7-10(8-6-9)21(24)25/h1-8H,(H,17,18,19). The van der Waals surface area contributed by atoms with Crippen molar-refractivity contribution in [2.75, 3.05) is 4.90 Å². The number of imide groups is 1. The molecule has 0 unspecified atom stereocenters. The summed E-state index contributed by atoms with van der Waals surface area (Å²) in [5.74, 6) is -0.759. The van der Waals surface area contributed by atoms with E-state index in [-0.39, 0.29) is 11.6 Å². The number of carbonyl (C=O) groups is 2. The van der Waals surface area contributed by atoms with Crippen molar-refractivity contribution >= 4 is 23.5 Å². The van der Waals surface area contributed by atoms with E-state index < -0.39 is 16.7 Å². The van der Waals surface area contributed by atoms with Gasteiger partial charge < -0.3 is 0 Å². The summed E-state index contributed by atoms with van der Waals surface area (Å²) >= 11 is 0. The number of rotatable bonds is 3. The monoisotopic (exact) mass is 335 g/mol. The summed E-state index contributed by atoms with van der Waals surface area (Å²) in [4.78, 5) is 40.1. The molecule has 4 rings (SSSR count). The molecule has 0 spiro atoms. The van der Waals surface area contributed by atoms with Gasteiger partial charge in [0, 0.05) is 17.7 Å². The van der Waals surface area contributed by atoms with Crippen LogP contribution in [0.25, 0.3) is 11.4 Å². The van der Waals surface area contributed by atoms with Gasteiger partial charge in [0.1, 0.15) is 0 Å². The zero-order valence-corrected chi connectivity index (χ0v) is 12.5. The van der Waals surface area contributed by atoms with E-state index in [1.165, 1.54) is 24.3 Å². The Bertz CT molecular complexity index is 990. The molecule has 1 N–H and O–H groups in total. The van der Waals surface area contributed by atoms with E-state index in [0.29, 0.717) is 22.5 Å². The highest BCUT2D eigenvalue weighted by Gasteiger charge is 2.38. The van der Waals surface area contributed by atoms with Gasteiger partial charge >= 0.3 is 0 Å². The van der Waals surface area contributed by atoms with Crippen molar-refractivity contribution in [1.82, 2.24) is 15.2 Å². The zero-order valence-electron chi connectivity index (χ0n) is 12.5. The highest BCUT2D eigenvalue weighted by Crippen LogP contribution is 2.27. The van der Waals surface area contributed by atoms with Crippen LogP contribution in [0, 0.1) is 10.1 Å². The number of amides is 2. The quantitative estimate of drug-likeness (QED) is 0.445. The first-order valence-corrected chi connectivity index (χ1v) is 7.21. The van der Waals surface area contributed by atoms with Crippen molar-refractivity contribution in [3.63, 3.8) is 0 Å². The molecule has 0 saturated carbocycles. The van der Waals surface area contributed by atoms with Gasteiger partial charge in [-0.2, -0.15) is 4.98 Å². The molecule has 2 heterocycles. The minimum Gasteiger partial charge on any atom is -0.268 e. The number of nitro benzene ring substituents is 1. The smallest absolute Gasteiger partial charge is 0.268 e. The average molecular weight is 335 g/mol. The second kappa shape index (κ2) is 5.34. The Hall–Kier alpha value is -3.88. The summed E-state index contributed by atoms with van der Waals surface area (Å²) in [6, 6.07) is 12.2. The van der Waals surface area contributed by atoms with E-state index in [0.717, 1.165) is 4.90 Å². The molecule has 0 radical (unpaired) electrons. The first-order valence-electron chi connectivity index (χ1n) is 7.21. The molecule has 0 fully saturated rings. The van der Waals surface area contributed by atoms with E-state index in [1.807, 2.05) is 0 Å². The molecule has 1 aliphatic rings. The van der Waals surface area contributed by atoms with E-state index in [1.54, 1.807) is 24.3 Å². The van der Waals surface area contributed by atoms with Gasteiger partial charge in [-0.25, -0.2) is 4.90 Å². The predicted molar refractivity (Wildman–Crippen MR) is 86.1 cm³/mol. The molecule has 9 nitrogen and oxygen atoms in total. The van der Waals surface area contributed by atoms with Crippen LogP contribution in [0.5, 0.6) is 0 Å². The lowest BCUT2D eigenvalue weighted by Gasteiger charge is -2.07. The normalized spacial score (nSPS) is 13.2. The summed E-state index contributed by atoms with van der Waals surface area (Å²) in [5.41, 5.74) is 1.09. The largest absolute Gasteiger partial charge is 0.269 e. The van der Waals surface area contributed by atoms with Gasteiger partial charge in [0.15, 0.2) is 5.82 Å². The number of non-ortho nitro benzene ring substituents is 1. The fourth-order valence-corrected chi connectivity index (χ4v) is 2.59. The molecular formula is C16H9N5O4. The van der Waals surface area contributed by atoms with Crippen LogP contribution < -0.4 is 4.90 Å². The third-order valence-electron chi connectivity index (χ3n) is 3.82. The van der Waals surface area contributed by atoms with Crippen molar-refractivity contribution in [3.8, 4) is 11.4 Å². The first-order chi connectivity index (χ1) is 12.1. The van der Waals surface area contributed by atoms with Crippen molar-refractivity contribution in [2.45, 2.75) is 0 Å². The van der Waals surface area contributed by atoms with E-state index >= 15 is 0 Å². The number of carbonyl (C=O) groups excluding carboxylic acids is 2. The van der Waals surface area contributed by atoms with Crippen molar-refractivity contribution in [2.24, 2.45) is 0 Å². The molecule has 25 heavy (non-hydrogen) atoms. The Kier molecular flexibility index (Phi) is 3.14. The maximum absolute atomic E-state index is 12.4. The third kappa shape index (κ3) is 2.26. The van der Waals surface area contributed by atoms with E-state index in [9.17, 15) is 19.7 Å².